The number of piperidine rings is 2. The lowest BCUT2D eigenvalue weighted by Gasteiger charge is -2.51. The summed E-state index contributed by atoms with van der Waals surface area (Å²) in [7, 11) is 2.82. The average Bonchev–Trinajstić information content (AvgIpc) is 3.95. The van der Waals surface area contributed by atoms with Crippen molar-refractivity contribution in [3.05, 3.63) is 94.4 Å². The fourth-order valence-electron chi connectivity index (χ4n) is 9.89. The van der Waals surface area contributed by atoms with Crippen LogP contribution in [0.2, 0.25) is 5.02 Å². The van der Waals surface area contributed by atoms with Crippen LogP contribution in [0.3, 0.4) is 0 Å². The minimum Gasteiger partial charge on any atom is -0.400 e. The number of benzene rings is 2. The van der Waals surface area contributed by atoms with Gasteiger partial charge in [-0.1, -0.05) is 29.8 Å². The maximum atomic E-state index is 16.2. The first-order valence-corrected chi connectivity index (χ1v) is 22.8. The summed E-state index contributed by atoms with van der Waals surface area (Å²) in [4.78, 5) is 67.1. The summed E-state index contributed by atoms with van der Waals surface area (Å²) in [6.07, 6.45) is 7.94. The van der Waals surface area contributed by atoms with Gasteiger partial charge in [0.25, 0.3) is 17.7 Å². The second-order valence-electron chi connectivity index (χ2n) is 17.6. The van der Waals surface area contributed by atoms with Gasteiger partial charge in [-0.2, -0.15) is 0 Å². The molecule has 5 amide bonds. The second kappa shape index (κ2) is 18.2. The fraction of sp³-hybridized carbons (Fsp3) is 0.426. The number of aliphatic hydroxyl groups excluding tert-OH is 1. The van der Waals surface area contributed by atoms with E-state index in [1.165, 1.54) is 17.0 Å². The average molecular weight is 924 g/mol. The number of hydrogen-bond acceptors (Lipinski definition) is 11. The molecule has 346 valence electrons. The van der Waals surface area contributed by atoms with Crippen molar-refractivity contribution in [2.45, 2.75) is 69.9 Å². The Kier molecular flexibility index (Phi) is 12.4. The molecular weight excluding hydrogens is 872 g/mol. The number of amides is 5. The summed E-state index contributed by atoms with van der Waals surface area (Å²) >= 11 is 6.39. The topological polar surface area (TPSA) is 181 Å². The minimum absolute atomic E-state index is 0.106. The van der Waals surface area contributed by atoms with Crippen LogP contribution in [0.1, 0.15) is 76.9 Å². The van der Waals surface area contributed by atoms with Gasteiger partial charge in [-0.25, -0.2) is 23.1 Å². The van der Waals surface area contributed by atoms with Gasteiger partial charge in [0.05, 0.1) is 34.8 Å². The number of carbonyl (C=O) groups excluding carboxylic acids is 4. The van der Waals surface area contributed by atoms with E-state index in [1.54, 1.807) is 32.8 Å². The van der Waals surface area contributed by atoms with Crippen LogP contribution in [0.5, 0.6) is 0 Å². The lowest BCUT2D eigenvalue weighted by molar-refractivity contribution is -0.186. The first-order chi connectivity index (χ1) is 31.9. The van der Waals surface area contributed by atoms with Crippen molar-refractivity contribution in [1.29, 1.82) is 0 Å². The number of nitrogens with one attached hydrogen (secondary N) is 3. The number of halogens is 3. The van der Waals surface area contributed by atoms with E-state index >= 15 is 8.78 Å². The van der Waals surface area contributed by atoms with Gasteiger partial charge in [-0.15, -0.1) is 5.10 Å². The van der Waals surface area contributed by atoms with Gasteiger partial charge in [0.15, 0.2) is 17.2 Å². The Balaban J connectivity index is 0.00000270. The number of urea groups is 1. The van der Waals surface area contributed by atoms with E-state index in [9.17, 15) is 19.2 Å². The first kappa shape index (κ1) is 44.9. The zero-order chi connectivity index (χ0) is 46.3. The number of anilines is 4. The fourth-order valence-corrected chi connectivity index (χ4v) is 10.1. The van der Waals surface area contributed by atoms with Crippen molar-refractivity contribution in [2.24, 2.45) is 5.41 Å². The molecule has 5 aliphatic rings. The Labute approximate surface area is 385 Å². The van der Waals surface area contributed by atoms with Crippen molar-refractivity contribution in [1.82, 2.24) is 40.0 Å². The number of aromatic nitrogens is 4. The molecule has 5 aromatic rings. The van der Waals surface area contributed by atoms with E-state index in [4.69, 9.17) is 26.8 Å². The van der Waals surface area contributed by atoms with Gasteiger partial charge in [0.2, 0.25) is 5.91 Å². The van der Waals surface area contributed by atoms with Gasteiger partial charge >= 0.3 is 6.03 Å². The molecule has 1 spiro atoms. The summed E-state index contributed by atoms with van der Waals surface area (Å²) in [5.74, 6) is -3.17. The molecule has 4 N–H and O–H groups in total. The summed E-state index contributed by atoms with van der Waals surface area (Å²) in [5, 5.41) is 20.7. The Bertz CT molecular complexity index is 2690. The van der Waals surface area contributed by atoms with E-state index in [0.29, 0.717) is 54.5 Å². The molecule has 4 fully saturated rings. The predicted octanol–water partition coefficient (Wildman–Crippen LogP) is 6.28. The molecule has 10 rings (SSSR count). The molecule has 0 unspecified atom stereocenters. The molecular formula is C47H52ClF2N11O5. The van der Waals surface area contributed by atoms with Crippen molar-refractivity contribution in [2.75, 3.05) is 68.5 Å². The van der Waals surface area contributed by atoms with Crippen LogP contribution in [-0.4, -0.2) is 124 Å². The number of likely N-dealkylation sites (tertiary alicyclic amines) is 2. The van der Waals surface area contributed by atoms with Crippen molar-refractivity contribution >= 4 is 63.9 Å². The van der Waals surface area contributed by atoms with Crippen molar-refractivity contribution in [3.8, 4) is 11.3 Å². The Morgan fingerprint density at radius 1 is 0.909 bits per heavy atom. The summed E-state index contributed by atoms with van der Waals surface area (Å²) < 4.78 is 34.1. The van der Waals surface area contributed by atoms with Crippen LogP contribution in [0.15, 0.2) is 67.0 Å². The number of carbonyl (C=O) groups is 4. The number of nitrogens with zero attached hydrogens (tertiary/aromatic N) is 8. The number of imide groups is 1. The van der Waals surface area contributed by atoms with E-state index in [-0.39, 0.29) is 74.2 Å². The summed E-state index contributed by atoms with van der Waals surface area (Å²) in [5.41, 5.74) is 5.86. The number of fused-ring (bicyclic) bond motifs is 2. The normalized spacial score (nSPS) is 19.2. The van der Waals surface area contributed by atoms with Gasteiger partial charge in [-0.05, 0) is 92.9 Å². The molecule has 2 aromatic carbocycles. The third-order valence-corrected chi connectivity index (χ3v) is 14.2. The summed E-state index contributed by atoms with van der Waals surface area (Å²) in [6.45, 7) is 1.63. The standard InChI is InChI=1S/C46H48ClF2N11O4.CH4O/c1-50-35-23-39(55-60-38(25-52-41(35)60)42(62)53-30-4-2-5-30)58-17-12-32-31(6-3-7-36(32)58)34-11-8-28(24-51-34)26-56-19-14-45(46(48,49)27-56)15-20-57(21-16-45)43(63)29-9-10-33(47)37(22-29)59-18-13-40(61)54-44(59)64;1-2/h3,6-11,22-25,30,50H,2,4-5,12-21,26-27H2,1H3,(H,53,62)(H,54,61,64);2H,1H3. The van der Waals surface area contributed by atoms with Gasteiger partial charge in [-0.3, -0.25) is 34.5 Å². The highest BCUT2D eigenvalue weighted by Crippen LogP contribution is 2.51. The van der Waals surface area contributed by atoms with Crippen molar-refractivity contribution in [3.63, 3.8) is 0 Å². The maximum Gasteiger partial charge on any atom is 0.328 e. The number of aliphatic hydroxyl groups is 1. The van der Waals surface area contributed by atoms with Crippen molar-refractivity contribution < 1.29 is 33.1 Å². The number of hydrogen-bond donors (Lipinski definition) is 4. The van der Waals surface area contributed by atoms with Crippen LogP contribution in [0.25, 0.3) is 16.9 Å². The molecule has 7 heterocycles. The molecule has 4 aliphatic heterocycles. The second-order valence-corrected chi connectivity index (χ2v) is 18.0. The highest BCUT2D eigenvalue weighted by Gasteiger charge is 2.57. The van der Waals surface area contributed by atoms with Crippen LogP contribution >= 0.6 is 11.6 Å². The van der Waals surface area contributed by atoms with Gasteiger partial charge in [0, 0.05) is 93.8 Å². The Morgan fingerprint density at radius 3 is 2.38 bits per heavy atom. The third kappa shape index (κ3) is 8.30. The van der Waals surface area contributed by atoms with E-state index in [1.807, 2.05) is 31.3 Å². The molecule has 0 radical (unpaired) electrons. The number of rotatable bonds is 9. The number of alkyl halides is 2. The van der Waals surface area contributed by atoms with Crippen LogP contribution in [0.4, 0.5) is 36.5 Å². The zero-order valence-corrected chi connectivity index (χ0v) is 37.6. The number of imidazole rings is 1. The third-order valence-electron chi connectivity index (χ3n) is 13.9. The lowest BCUT2D eigenvalue weighted by Crippen LogP contribution is -2.59. The van der Waals surface area contributed by atoms with Gasteiger partial charge in [0.1, 0.15) is 0 Å². The molecule has 1 aliphatic carbocycles. The molecule has 19 heteroatoms. The Morgan fingerprint density at radius 2 is 1.68 bits per heavy atom. The quantitative estimate of drug-likeness (QED) is 0.131. The maximum absolute atomic E-state index is 16.2. The predicted molar refractivity (Wildman–Crippen MR) is 246 cm³/mol. The van der Waals surface area contributed by atoms with E-state index < -0.39 is 17.4 Å². The minimum atomic E-state index is -2.97. The number of pyridine rings is 1. The van der Waals surface area contributed by atoms with Crippen LogP contribution < -0.4 is 25.8 Å². The SMILES string of the molecule is CNc1cc(N2CCc3c(-c4ccc(CN5CCC6(CCN(C(=O)c7ccc(Cl)c(N8CCC(=O)NC8=O)c7)CC6)C(F)(F)C5)cn4)cccc32)nn2c(C(=O)NC3CCC3)cnc12.CO. The van der Waals surface area contributed by atoms with Gasteiger partial charge < -0.3 is 25.5 Å². The zero-order valence-electron chi connectivity index (χ0n) is 36.8. The first-order valence-electron chi connectivity index (χ1n) is 22.4. The molecule has 3 aromatic heterocycles. The lowest BCUT2D eigenvalue weighted by atomic mass is 9.68. The molecule has 0 bridgehead atoms. The van der Waals surface area contributed by atoms with Crippen LogP contribution in [-0.2, 0) is 17.8 Å². The Hall–Kier alpha value is -6.24. The van der Waals surface area contributed by atoms with Crippen LogP contribution in [0, 0.1) is 5.41 Å². The monoisotopic (exact) mass is 923 g/mol. The summed E-state index contributed by atoms with van der Waals surface area (Å²) in [6, 6.07) is 16.2. The molecule has 1 saturated carbocycles. The van der Waals surface area contributed by atoms with E-state index in [0.717, 1.165) is 66.6 Å². The van der Waals surface area contributed by atoms with E-state index in [2.05, 4.69) is 38.0 Å². The highest BCUT2D eigenvalue weighted by atomic mass is 35.5. The molecule has 66 heavy (non-hydrogen) atoms. The molecule has 0 atom stereocenters. The highest BCUT2D eigenvalue weighted by molar-refractivity contribution is 6.34. The molecule has 3 saturated heterocycles. The smallest absolute Gasteiger partial charge is 0.328 e. The largest absolute Gasteiger partial charge is 0.400 e. The molecule has 16 nitrogen and oxygen atoms in total.